The smallest absolute Gasteiger partial charge is 0.405 e. The van der Waals surface area contributed by atoms with Crippen molar-refractivity contribution in [3.8, 4) is 5.75 Å². The highest BCUT2D eigenvalue weighted by atomic mass is 32.2. The first-order valence-corrected chi connectivity index (χ1v) is 12.7. The molecule has 206 valence electrons. The molecule has 1 aromatic heterocycles. The Balaban J connectivity index is 1.59. The third-order valence-corrected chi connectivity index (χ3v) is 7.57. The van der Waals surface area contributed by atoms with Crippen LogP contribution in [0, 0.1) is 12.7 Å². The molecule has 1 aromatic carbocycles. The third kappa shape index (κ3) is 5.60. The van der Waals surface area contributed by atoms with Gasteiger partial charge in [0.15, 0.2) is 11.4 Å². The van der Waals surface area contributed by atoms with Crippen LogP contribution in [0.15, 0.2) is 29.3 Å². The number of nitrogens with one attached hydrogen (secondary N) is 3. The lowest BCUT2D eigenvalue weighted by Gasteiger charge is -2.36. The lowest BCUT2D eigenvalue weighted by molar-refractivity contribution is -0.152. The highest BCUT2D eigenvalue weighted by Gasteiger charge is 2.43. The summed E-state index contributed by atoms with van der Waals surface area (Å²) in [5.74, 6) is -4.25. The number of ether oxygens (including phenoxy) is 1. The Morgan fingerprint density at radius 1 is 1.24 bits per heavy atom. The first-order chi connectivity index (χ1) is 17.7. The van der Waals surface area contributed by atoms with Gasteiger partial charge in [0, 0.05) is 25.5 Å². The van der Waals surface area contributed by atoms with E-state index in [0.717, 1.165) is 11.0 Å². The van der Waals surface area contributed by atoms with E-state index in [9.17, 15) is 40.4 Å². The summed E-state index contributed by atoms with van der Waals surface area (Å²) in [6.45, 7) is -0.647. The quantitative estimate of drug-likeness (QED) is 0.378. The van der Waals surface area contributed by atoms with Gasteiger partial charge in [-0.2, -0.15) is 13.2 Å². The van der Waals surface area contributed by atoms with Crippen LogP contribution < -0.4 is 20.1 Å². The van der Waals surface area contributed by atoms with E-state index in [1.54, 1.807) is 0 Å². The number of hydrogen-bond donors (Lipinski definition) is 3. The Morgan fingerprint density at radius 2 is 1.95 bits per heavy atom. The van der Waals surface area contributed by atoms with Crippen LogP contribution in [0.4, 0.5) is 23.2 Å². The molecule has 2 aliphatic rings. The minimum absolute atomic E-state index is 0.00499. The van der Waals surface area contributed by atoms with Crippen molar-refractivity contribution >= 4 is 33.4 Å². The molecule has 2 aromatic rings. The molecule has 1 saturated heterocycles. The molecule has 0 bridgehead atoms. The number of rotatable bonds is 3. The predicted octanol–water partition coefficient (Wildman–Crippen LogP) is 1.04. The van der Waals surface area contributed by atoms with Crippen LogP contribution in [-0.4, -0.2) is 73.6 Å². The van der Waals surface area contributed by atoms with Crippen LogP contribution >= 0.6 is 0 Å². The van der Waals surface area contributed by atoms with Crippen LogP contribution in [0.3, 0.4) is 0 Å². The van der Waals surface area contributed by atoms with Crippen molar-refractivity contribution in [2.45, 2.75) is 36.6 Å². The molecular weight excluding hydrogens is 538 g/mol. The number of sulfonamides is 1. The summed E-state index contributed by atoms with van der Waals surface area (Å²) in [4.78, 5) is 38.1. The number of carbonyl (C=O) groups is 3. The zero-order valence-corrected chi connectivity index (χ0v) is 20.9. The van der Waals surface area contributed by atoms with E-state index in [1.165, 1.54) is 42.2 Å². The SMILES string of the molecule is Cc1cc(NC(=O)c2c3c(cn2C)S(=O)(=O)N[C@@H]2CCN(C(=O)C(=O)NCC(F)(F)F)C[C@H]2O3)ccc1F. The average molecular weight is 562 g/mol. The maximum absolute atomic E-state index is 13.6. The number of hydrogen-bond acceptors (Lipinski definition) is 6. The topological polar surface area (TPSA) is 139 Å². The van der Waals surface area contributed by atoms with Gasteiger partial charge in [0.25, 0.3) is 5.91 Å². The third-order valence-electron chi connectivity index (χ3n) is 6.09. The van der Waals surface area contributed by atoms with Crippen LogP contribution in [0.25, 0.3) is 0 Å². The van der Waals surface area contributed by atoms with Gasteiger partial charge < -0.3 is 24.8 Å². The average Bonchev–Trinajstić information content (AvgIpc) is 3.11. The van der Waals surface area contributed by atoms with E-state index in [1.807, 2.05) is 0 Å². The molecule has 38 heavy (non-hydrogen) atoms. The van der Waals surface area contributed by atoms with Gasteiger partial charge in [0.05, 0.1) is 12.6 Å². The Morgan fingerprint density at radius 3 is 2.61 bits per heavy atom. The maximum Gasteiger partial charge on any atom is 0.405 e. The fourth-order valence-electron chi connectivity index (χ4n) is 4.23. The van der Waals surface area contributed by atoms with Crippen LogP contribution in [0.5, 0.6) is 5.75 Å². The Labute approximate surface area is 214 Å². The van der Waals surface area contributed by atoms with Crippen molar-refractivity contribution in [1.82, 2.24) is 19.5 Å². The zero-order valence-electron chi connectivity index (χ0n) is 20.1. The van der Waals surface area contributed by atoms with Crippen molar-refractivity contribution in [3.63, 3.8) is 0 Å². The van der Waals surface area contributed by atoms with Gasteiger partial charge in [0.1, 0.15) is 23.4 Å². The molecule has 3 N–H and O–H groups in total. The minimum atomic E-state index is -4.71. The molecule has 0 spiro atoms. The number of fused-ring (bicyclic) bond motifs is 2. The molecule has 11 nitrogen and oxygen atoms in total. The summed E-state index contributed by atoms with van der Waals surface area (Å²) in [6, 6.07) is 3.02. The summed E-state index contributed by atoms with van der Waals surface area (Å²) in [5, 5.41) is 4.06. The molecule has 3 amide bonds. The highest BCUT2D eigenvalue weighted by Crippen LogP contribution is 2.36. The molecule has 0 unspecified atom stereocenters. The summed E-state index contributed by atoms with van der Waals surface area (Å²) in [5.41, 5.74) is 0.334. The molecule has 2 aliphatic heterocycles. The number of likely N-dealkylation sites (tertiary alicyclic amines) is 1. The number of anilines is 1. The number of amides is 3. The normalized spacial score (nSPS) is 20.4. The molecule has 3 heterocycles. The van der Waals surface area contributed by atoms with Gasteiger partial charge in [-0.3, -0.25) is 14.4 Å². The largest absolute Gasteiger partial charge is 0.483 e. The monoisotopic (exact) mass is 561 g/mol. The lowest BCUT2D eigenvalue weighted by Crippen LogP contribution is -2.58. The minimum Gasteiger partial charge on any atom is -0.483 e. The molecular formula is C22H23F4N5O6S. The number of aryl methyl sites for hydroxylation is 2. The van der Waals surface area contributed by atoms with Crippen LogP contribution in [0.1, 0.15) is 22.5 Å². The van der Waals surface area contributed by atoms with E-state index in [-0.39, 0.29) is 47.1 Å². The maximum atomic E-state index is 13.6. The summed E-state index contributed by atoms with van der Waals surface area (Å²) < 4.78 is 86.6. The Kier molecular flexibility index (Phi) is 7.13. The fraction of sp³-hybridized carbons (Fsp3) is 0.409. The first-order valence-electron chi connectivity index (χ1n) is 11.3. The summed E-state index contributed by atoms with van der Waals surface area (Å²) in [6.07, 6.45) is -4.61. The fourth-order valence-corrected chi connectivity index (χ4v) is 5.71. The number of halogens is 4. The standard InChI is InChI=1S/C22H23F4N5O6S/c1-11-7-12(3-4-13(11)23)28-19(32)17-18-16(9-30(17)2)38(35,36)29-14-5-6-31(8-15(14)37-18)21(34)20(33)27-10-22(24,25)26/h3-4,7,9,14-15,29H,5-6,8,10H2,1-2H3,(H,27,33)(H,28,32)/t14-,15-/m1/s1. The summed E-state index contributed by atoms with van der Waals surface area (Å²) >= 11 is 0. The van der Waals surface area contributed by atoms with E-state index < -0.39 is 58.4 Å². The number of nitrogens with zero attached hydrogens (tertiary/aromatic N) is 2. The Bertz CT molecular complexity index is 1410. The van der Waals surface area contributed by atoms with Gasteiger partial charge in [-0.15, -0.1) is 0 Å². The molecule has 4 rings (SSSR count). The van der Waals surface area contributed by atoms with Gasteiger partial charge in [-0.1, -0.05) is 0 Å². The highest BCUT2D eigenvalue weighted by molar-refractivity contribution is 7.89. The second-order valence-corrected chi connectivity index (χ2v) is 10.6. The van der Waals surface area contributed by atoms with E-state index in [4.69, 9.17) is 4.74 Å². The Hall–Kier alpha value is -3.66. The van der Waals surface area contributed by atoms with Crippen molar-refractivity contribution in [2.24, 2.45) is 7.05 Å². The van der Waals surface area contributed by atoms with Gasteiger partial charge in [-0.25, -0.2) is 17.5 Å². The molecule has 2 atom stereocenters. The molecule has 1 fully saturated rings. The van der Waals surface area contributed by atoms with Gasteiger partial charge >= 0.3 is 18.0 Å². The van der Waals surface area contributed by atoms with Crippen molar-refractivity contribution in [1.29, 1.82) is 0 Å². The van der Waals surface area contributed by atoms with E-state index in [0.29, 0.717) is 0 Å². The van der Waals surface area contributed by atoms with Gasteiger partial charge in [-0.05, 0) is 37.1 Å². The van der Waals surface area contributed by atoms with Gasteiger partial charge in [0.2, 0.25) is 10.0 Å². The lowest BCUT2D eigenvalue weighted by atomic mass is 10.0. The van der Waals surface area contributed by atoms with Crippen molar-refractivity contribution < 1.29 is 45.1 Å². The summed E-state index contributed by atoms with van der Waals surface area (Å²) in [7, 11) is -2.77. The number of alkyl halides is 3. The number of piperidine rings is 1. The number of aromatic nitrogens is 1. The van der Waals surface area contributed by atoms with E-state index >= 15 is 0 Å². The zero-order chi connectivity index (χ0) is 28.0. The van der Waals surface area contributed by atoms with Crippen LogP contribution in [0.2, 0.25) is 0 Å². The van der Waals surface area contributed by atoms with Crippen molar-refractivity contribution in [3.05, 3.63) is 41.5 Å². The number of benzene rings is 1. The predicted molar refractivity (Wildman–Crippen MR) is 123 cm³/mol. The second-order valence-electron chi connectivity index (χ2n) is 8.92. The molecule has 16 heteroatoms. The van der Waals surface area contributed by atoms with E-state index in [2.05, 4.69) is 10.0 Å². The molecule has 0 radical (unpaired) electrons. The number of carbonyl (C=O) groups excluding carboxylic acids is 3. The van der Waals surface area contributed by atoms with Crippen molar-refractivity contribution in [2.75, 3.05) is 25.0 Å². The van der Waals surface area contributed by atoms with Crippen LogP contribution in [-0.2, 0) is 26.7 Å². The molecule has 0 saturated carbocycles. The second kappa shape index (κ2) is 9.90. The first kappa shape index (κ1) is 27.4. The molecule has 0 aliphatic carbocycles.